The number of carboxylic acids is 1. The molecule has 1 aromatic carbocycles. The highest BCUT2D eigenvalue weighted by Crippen LogP contribution is 2.17. The van der Waals surface area contributed by atoms with Crippen molar-refractivity contribution in [3.05, 3.63) is 48.2 Å². The average molecular weight is 227 g/mol. The van der Waals surface area contributed by atoms with E-state index in [1.807, 2.05) is 24.3 Å². The van der Waals surface area contributed by atoms with Crippen LogP contribution in [0.5, 0.6) is 0 Å². The third kappa shape index (κ3) is 2.36. The van der Waals surface area contributed by atoms with Gasteiger partial charge in [-0.25, -0.2) is 4.79 Å². The zero-order valence-corrected chi connectivity index (χ0v) is 8.83. The first kappa shape index (κ1) is 11.0. The molecule has 4 nitrogen and oxygen atoms in total. The van der Waals surface area contributed by atoms with Crippen LogP contribution in [0.4, 0.5) is 0 Å². The number of carbonyl (C=O) groups excluding carboxylic acids is 1. The molecule has 0 spiro atoms. The number of nitrogens with zero attached hydrogens (tertiary/aromatic N) is 1. The van der Waals surface area contributed by atoms with Gasteiger partial charge in [0.1, 0.15) is 0 Å². The van der Waals surface area contributed by atoms with E-state index < -0.39 is 11.8 Å². The predicted molar refractivity (Wildman–Crippen MR) is 63.4 cm³/mol. The van der Waals surface area contributed by atoms with Crippen LogP contribution in [0.1, 0.15) is 5.56 Å². The molecule has 0 aliphatic carbocycles. The Kier molecular flexibility index (Phi) is 2.96. The topological polar surface area (TPSA) is 67.3 Å². The summed E-state index contributed by atoms with van der Waals surface area (Å²) in [5.41, 5.74) is 1.57. The zero-order valence-electron chi connectivity index (χ0n) is 8.83. The molecule has 0 radical (unpaired) electrons. The van der Waals surface area contributed by atoms with Crippen LogP contribution in [0.15, 0.2) is 42.6 Å². The van der Waals surface area contributed by atoms with Crippen LogP contribution in [-0.2, 0) is 9.59 Å². The number of hydrogen-bond acceptors (Lipinski definition) is 3. The summed E-state index contributed by atoms with van der Waals surface area (Å²) >= 11 is 0. The van der Waals surface area contributed by atoms with E-state index in [-0.39, 0.29) is 0 Å². The second-order valence-electron chi connectivity index (χ2n) is 3.42. The minimum Gasteiger partial charge on any atom is -0.475 e. The van der Waals surface area contributed by atoms with Crippen molar-refractivity contribution < 1.29 is 14.7 Å². The molecule has 0 saturated carbocycles. The third-order valence-corrected chi connectivity index (χ3v) is 2.31. The smallest absolute Gasteiger partial charge is 0.376 e. The lowest BCUT2D eigenvalue weighted by Gasteiger charge is -1.99. The van der Waals surface area contributed by atoms with Crippen molar-refractivity contribution in [2.45, 2.75) is 0 Å². The monoisotopic (exact) mass is 227 g/mol. The molecule has 0 fully saturated rings. The van der Waals surface area contributed by atoms with Gasteiger partial charge in [-0.1, -0.05) is 24.3 Å². The van der Waals surface area contributed by atoms with E-state index in [9.17, 15) is 9.59 Å². The second-order valence-corrected chi connectivity index (χ2v) is 3.42. The van der Waals surface area contributed by atoms with Crippen molar-refractivity contribution in [2.75, 3.05) is 0 Å². The van der Waals surface area contributed by atoms with Gasteiger partial charge in [0, 0.05) is 11.6 Å². The van der Waals surface area contributed by atoms with Crippen LogP contribution in [0.25, 0.3) is 17.0 Å². The SMILES string of the molecule is O=C(O)C(=O)/C=C/c1ccnc2ccccc12. The molecule has 1 N–H and O–H groups in total. The largest absolute Gasteiger partial charge is 0.475 e. The number of rotatable bonds is 3. The first-order chi connectivity index (χ1) is 8.18. The fraction of sp³-hybridized carbons (Fsp3) is 0. The molecule has 0 bridgehead atoms. The van der Waals surface area contributed by atoms with Crippen molar-refractivity contribution in [1.29, 1.82) is 0 Å². The fourth-order valence-electron chi connectivity index (χ4n) is 1.50. The van der Waals surface area contributed by atoms with Crippen molar-refractivity contribution >= 4 is 28.7 Å². The number of pyridine rings is 1. The fourth-order valence-corrected chi connectivity index (χ4v) is 1.50. The first-order valence-electron chi connectivity index (χ1n) is 4.97. The minimum atomic E-state index is -1.46. The number of carboxylic acid groups (broad SMARTS) is 1. The van der Waals surface area contributed by atoms with Gasteiger partial charge in [0.15, 0.2) is 0 Å². The van der Waals surface area contributed by atoms with Gasteiger partial charge in [0.2, 0.25) is 0 Å². The van der Waals surface area contributed by atoms with Crippen molar-refractivity contribution in [1.82, 2.24) is 4.98 Å². The maximum atomic E-state index is 11.0. The highest BCUT2D eigenvalue weighted by molar-refractivity contribution is 6.38. The molecule has 1 heterocycles. The van der Waals surface area contributed by atoms with Gasteiger partial charge in [-0.15, -0.1) is 0 Å². The molecule has 0 aliphatic rings. The van der Waals surface area contributed by atoms with E-state index in [2.05, 4.69) is 4.98 Å². The maximum Gasteiger partial charge on any atom is 0.376 e. The van der Waals surface area contributed by atoms with Crippen LogP contribution in [-0.4, -0.2) is 21.8 Å². The summed E-state index contributed by atoms with van der Waals surface area (Å²) < 4.78 is 0. The van der Waals surface area contributed by atoms with E-state index in [4.69, 9.17) is 5.11 Å². The van der Waals surface area contributed by atoms with Gasteiger partial charge in [-0.05, 0) is 23.8 Å². The molecule has 0 saturated heterocycles. The van der Waals surface area contributed by atoms with Gasteiger partial charge in [0.25, 0.3) is 5.78 Å². The lowest BCUT2D eigenvalue weighted by molar-refractivity contribution is -0.146. The lowest BCUT2D eigenvalue weighted by Crippen LogP contribution is -2.08. The number of fused-ring (bicyclic) bond motifs is 1. The highest BCUT2D eigenvalue weighted by atomic mass is 16.4. The van der Waals surface area contributed by atoms with E-state index in [0.29, 0.717) is 0 Å². The molecule has 1 aromatic heterocycles. The normalized spacial score (nSPS) is 10.8. The van der Waals surface area contributed by atoms with Gasteiger partial charge >= 0.3 is 5.97 Å². The Morgan fingerprint density at radius 1 is 1.18 bits per heavy atom. The Bertz CT molecular complexity index is 612. The lowest BCUT2D eigenvalue weighted by atomic mass is 10.1. The minimum absolute atomic E-state index is 0.769. The summed E-state index contributed by atoms with van der Waals surface area (Å²) in [6.07, 6.45) is 4.15. The van der Waals surface area contributed by atoms with E-state index >= 15 is 0 Å². The molecule has 0 atom stereocenters. The number of carbonyl (C=O) groups is 2. The zero-order chi connectivity index (χ0) is 12.3. The molecule has 0 aliphatic heterocycles. The maximum absolute atomic E-state index is 11.0. The highest BCUT2D eigenvalue weighted by Gasteiger charge is 2.06. The third-order valence-electron chi connectivity index (χ3n) is 2.31. The number of aliphatic carboxylic acids is 1. The van der Waals surface area contributed by atoms with Gasteiger partial charge < -0.3 is 5.11 Å². The second kappa shape index (κ2) is 4.57. The summed E-state index contributed by atoms with van der Waals surface area (Å²) in [5.74, 6) is -2.40. The number of para-hydroxylation sites is 1. The predicted octanol–water partition coefficient (Wildman–Crippen LogP) is 1.90. The molecular formula is C13H9NO3. The Labute approximate surface area is 97.2 Å². The quantitative estimate of drug-likeness (QED) is 0.642. The molecule has 0 amide bonds. The number of benzene rings is 1. The summed E-state index contributed by atoms with van der Waals surface area (Å²) in [7, 11) is 0. The number of aromatic nitrogens is 1. The summed E-state index contributed by atoms with van der Waals surface area (Å²) in [6.45, 7) is 0. The van der Waals surface area contributed by atoms with Crippen molar-refractivity contribution in [3.8, 4) is 0 Å². The van der Waals surface area contributed by atoms with Crippen molar-refractivity contribution in [3.63, 3.8) is 0 Å². The molecule has 4 heteroatoms. The first-order valence-corrected chi connectivity index (χ1v) is 4.97. The standard InChI is InChI=1S/C13H9NO3/c15-12(13(16)17)6-5-9-7-8-14-11-4-2-1-3-10(9)11/h1-8H,(H,16,17)/b6-5+. The molecular weight excluding hydrogens is 218 g/mol. The Balaban J connectivity index is 2.43. The molecule has 2 rings (SSSR count). The average Bonchev–Trinajstić information content (AvgIpc) is 2.35. The van der Waals surface area contributed by atoms with Crippen LogP contribution in [0.3, 0.4) is 0 Å². The van der Waals surface area contributed by atoms with Crippen molar-refractivity contribution in [2.24, 2.45) is 0 Å². The molecule has 84 valence electrons. The van der Waals surface area contributed by atoms with Gasteiger partial charge in [-0.2, -0.15) is 0 Å². The van der Waals surface area contributed by atoms with Crippen LogP contribution >= 0.6 is 0 Å². The Hall–Kier alpha value is -2.49. The number of hydrogen-bond donors (Lipinski definition) is 1. The van der Waals surface area contributed by atoms with Crippen LogP contribution < -0.4 is 0 Å². The Morgan fingerprint density at radius 3 is 2.71 bits per heavy atom. The van der Waals surface area contributed by atoms with Crippen LogP contribution in [0, 0.1) is 0 Å². The molecule has 0 unspecified atom stereocenters. The summed E-state index contributed by atoms with van der Waals surface area (Å²) in [5, 5.41) is 9.34. The van der Waals surface area contributed by atoms with E-state index in [1.165, 1.54) is 6.08 Å². The van der Waals surface area contributed by atoms with Gasteiger partial charge in [0.05, 0.1) is 5.52 Å². The molecule has 17 heavy (non-hydrogen) atoms. The summed E-state index contributed by atoms with van der Waals surface area (Å²) in [4.78, 5) is 25.5. The number of ketones is 1. The molecule has 2 aromatic rings. The Morgan fingerprint density at radius 2 is 1.94 bits per heavy atom. The van der Waals surface area contributed by atoms with Crippen LogP contribution in [0.2, 0.25) is 0 Å². The van der Waals surface area contributed by atoms with E-state index in [0.717, 1.165) is 22.5 Å². The van der Waals surface area contributed by atoms with Gasteiger partial charge in [-0.3, -0.25) is 9.78 Å². The summed E-state index contributed by atoms with van der Waals surface area (Å²) in [6, 6.07) is 9.18. The van der Waals surface area contributed by atoms with E-state index in [1.54, 1.807) is 12.3 Å².